The number of aliphatic hydroxyl groups is 1. The number of hydrogen-bond donors (Lipinski definition) is 2. The molecule has 0 spiro atoms. The number of likely N-dealkylation sites (tertiary alicyclic amines) is 1. The van der Waals surface area contributed by atoms with E-state index in [0.717, 1.165) is 0 Å². The van der Waals surface area contributed by atoms with Crippen molar-refractivity contribution in [1.82, 2.24) is 4.90 Å². The van der Waals surface area contributed by atoms with E-state index in [1.165, 1.54) is 22.5 Å². The molecule has 13 heteroatoms. The van der Waals surface area contributed by atoms with Gasteiger partial charge in [-0.15, -0.1) is 0 Å². The maximum Gasteiger partial charge on any atom is 0.306 e. The first-order valence-corrected chi connectivity index (χ1v) is 17.5. The van der Waals surface area contributed by atoms with Crippen LogP contribution in [-0.4, -0.2) is 74.4 Å². The summed E-state index contributed by atoms with van der Waals surface area (Å²) in [6.07, 6.45) is 2.10. The Morgan fingerprint density at radius 1 is 1.12 bits per heavy atom. The van der Waals surface area contributed by atoms with Crippen LogP contribution >= 0.6 is 11.6 Å². The van der Waals surface area contributed by atoms with Crippen LogP contribution < -0.4 is 13.8 Å². The summed E-state index contributed by atoms with van der Waals surface area (Å²) in [4.78, 5) is 25.9. The van der Waals surface area contributed by atoms with Crippen molar-refractivity contribution in [3.05, 3.63) is 82.1 Å². The van der Waals surface area contributed by atoms with Crippen LogP contribution in [0.25, 0.3) is 11.6 Å². The first kappa shape index (κ1) is 35.2. The van der Waals surface area contributed by atoms with Crippen molar-refractivity contribution in [2.75, 3.05) is 37.2 Å². The molecule has 2 aliphatic heterocycles. The molecule has 1 atom stereocenters. The van der Waals surface area contributed by atoms with Gasteiger partial charge in [-0.05, 0) is 86.2 Å². The molecule has 2 N–H and O–H groups in total. The lowest BCUT2D eigenvalue weighted by atomic mass is 9.97. The minimum atomic E-state index is -4.28. The van der Waals surface area contributed by atoms with Gasteiger partial charge in [-0.25, -0.2) is 12.8 Å². The molecule has 3 aromatic rings. The Hall–Kier alpha value is -4.13. The minimum Gasteiger partial charge on any atom is -0.490 e. The maximum atomic E-state index is 14.7. The van der Waals surface area contributed by atoms with Gasteiger partial charge in [0.15, 0.2) is 0 Å². The molecule has 5 rings (SSSR count). The van der Waals surface area contributed by atoms with Crippen LogP contribution in [0.3, 0.4) is 0 Å². The Kier molecular flexibility index (Phi) is 11.0. The number of carbonyl (C=O) groups excluding carboxylic acids is 1. The SMILES string of the molecule is C/C(=C\c1ccc2c(c1)N(S(=O)(=O)c1cc(C)ccc1OCCO)C[C@H](CCC(=O)N1CCC(C(=O)O)CC1)O2)c1c(F)cccc1Cl. The van der Waals surface area contributed by atoms with E-state index in [4.69, 9.17) is 21.1 Å². The van der Waals surface area contributed by atoms with Gasteiger partial charge in [-0.3, -0.25) is 13.9 Å². The number of benzene rings is 3. The molecule has 2 aliphatic rings. The number of anilines is 1. The first-order chi connectivity index (χ1) is 22.9. The monoisotopic (exact) mass is 700 g/mol. The number of rotatable bonds is 11. The zero-order valence-electron chi connectivity index (χ0n) is 26.7. The predicted octanol–water partition coefficient (Wildman–Crippen LogP) is 5.78. The zero-order valence-corrected chi connectivity index (χ0v) is 28.3. The summed E-state index contributed by atoms with van der Waals surface area (Å²) in [5.41, 5.74) is 2.28. The van der Waals surface area contributed by atoms with E-state index in [0.29, 0.717) is 42.6 Å². The highest BCUT2D eigenvalue weighted by Crippen LogP contribution is 2.41. The van der Waals surface area contributed by atoms with Gasteiger partial charge in [0.25, 0.3) is 10.0 Å². The average molecular weight is 701 g/mol. The molecule has 10 nitrogen and oxygen atoms in total. The van der Waals surface area contributed by atoms with Crippen LogP contribution in [0.4, 0.5) is 10.1 Å². The summed E-state index contributed by atoms with van der Waals surface area (Å²) in [6, 6.07) is 14.2. The van der Waals surface area contributed by atoms with Gasteiger partial charge in [0, 0.05) is 25.1 Å². The second-order valence-corrected chi connectivity index (χ2v) is 14.2. The number of carboxylic acid groups (broad SMARTS) is 1. The fraction of sp³-hybridized carbons (Fsp3) is 0.371. The largest absolute Gasteiger partial charge is 0.490 e. The number of aliphatic hydroxyl groups excluding tert-OH is 1. The van der Waals surface area contributed by atoms with Crippen LogP contribution in [0.5, 0.6) is 11.5 Å². The van der Waals surface area contributed by atoms with Gasteiger partial charge >= 0.3 is 5.97 Å². The van der Waals surface area contributed by atoms with E-state index in [1.54, 1.807) is 61.2 Å². The average Bonchev–Trinajstić information content (AvgIpc) is 3.06. The van der Waals surface area contributed by atoms with Crippen molar-refractivity contribution in [3.63, 3.8) is 0 Å². The van der Waals surface area contributed by atoms with Crippen molar-refractivity contribution >= 4 is 50.8 Å². The summed E-state index contributed by atoms with van der Waals surface area (Å²) >= 11 is 6.29. The summed E-state index contributed by atoms with van der Waals surface area (Å²) in [7, 11) is -4.28. The summed E-state index contributed by atoms with van der Waals surface area (Å²) in [5, 5.41) is 18.9. The molecular formula is C35H38ClFN2O8S. The van der Waals surface area contributed by atoms with Gasteiger partial charge in [-0.1, -0.05) is 35.9 Å². The second kappa shape index (κ2) is 15.0. The molecule has 0 aliphatic carbocycles. The molecule has 256 valence electrons. The number of piperidine rings is 1. The molecule has 0 unspecified atom stereocenters. The molecular weight excluding hydrogens is 663 g/mol. The number of aliphatic carboxylic acids is 1. The molecule has 3 aromatic carbocycles. The van der Waals surface area contributed by atoms with E-state index < -0.39 is 33.8 Å². The number of hydrogen-bond acceptors (Lipinski definition) is 7. The number of aryl methyl sites for hydroxylation is 1. The van der Waals surface area contributed by atoms with Crippen LogP contribution in [-0.2, 0) is 19.6 Å². The fourth-order valence-corrected chi connectivity index (χ4v) is 8.05. The number of sulfonamides is 1. The third-order valence-electron chi connectivity index (χ3n) is 8.55. The number of carboxylic acids is 1. The van der Waals surface area contributed by atoms with Crippen LogP contribution in [0, 0.1) is 18.7 Å². The third kappa shape index (κ3) is 7.77. The lowest BCUT2D eigenvalue weighted by molar-refractivity contribution is -0.145. The lowest BCUT2D eigenvalue weighted by Crippen LogP contribution is -2.45. The first-order valence-electron chi connectivity index (χ1n) is 15.7. The molecule has 1 saturated heterocycles. The topological polar surface area (TPSA) is 134 Å². The number of ether oxygens (including phenoxy) is 2. The smallest absolute Gasteiger partial charge is 0.306 e. The minimum absolute atomic E-state index is 0.0836. The molecule has 0 saturated carbocycles. The van der Waals surface area contributed by atoms with E-state index in [2.05, 4.69) is 0 Å². The number of halogens is 2. The van der Waals surface area contributed by atoms with Gasteiger partial charge in [0.05, 0.1) is 29.8 Å². The highest BCUT2D eigenvalue weighted by molar-refractivity contribution is 7.93. The Balaban J connectivity index is 1.47. The molecule has 1 amide bonds. The highest BCUT2D eigenvalue weighted by Gasteiger charge is 2.37. The molecule has 0 radical (unpaired) electrons. The number of allylic oxidation sites excluding steroid dienone is 1. The lowest BCUT2D eigenvalue weighted by Gasteiger charge is -2.36. The van der Waals surface area contributed by atoms with E-state index >= 15 is 0 Å². The van der Waals surface area contributed by atoms with Crippen molar-refractivity contribution in [3.8, 4) is 11.5 Å². The molecule has 0 aromatic heterocycles. The van der Waals surface area contributed by atoms with Crippen molar-refractivity contribution in [1.29, 1.82) is 0 Å². The van der Waals surface area contributed by atoms with Gasteiger partial charge in [0.1, 0.15) is 34.9 Å². The highest BCUT2D eigenvalue weighted by atomic mass is 35.5. The van der Waals surface area contributed by atoms with Crippen molar-refractivity contribution < 1.29 is 42.1 Å². The second-order valence-electron chi connectivity index (χ2n) is 12.0. The van der Waals surface area contributed by atoms with E-state index in [9.17, 15) is 32.6 Å². The Bertz CT molecular complexity index is 1800. The third-order valence-corrected chi connectivity index (χ3v) is 10.7. The maximum absolute atomic E-state index is 14.7. The van der Waals surface area contributed by atoms with Crippen LogP contribution in [0.1, 0.15) is 49.3 Å². The normalized spacial score (nSPS) is 17.1. The number of carbonyl (C=O) groups is 2. The van der Waals surface area contributed by atoms with Crippen LogP contribution in [0.2, 0.25) is 5.02 Å². The van der Waals surface area contributed by atoms with Gasteiger partial charge in [0.2, 0.25) is 5.91 Å². The van der Waals surface area contributed by atoms with Gasteiger partial charge < -0.3 is 24.6 Å². The van der Waals surface area contributed by atoms with Crippen LogP contribution in [0.15, 0.2) is 59.5 Å². The Morgan fingerprint density at radius 2 is 1.88 bits per heavy atom. The van der Waals surface area contributed by atoms with Gasteiger partial charge in [-0.2, -0.15) is 0 Å². The molecule has 1 fully saturated rings. The van der Waals surface area contributed by atoms with Crippen molar-refractivity contribution in [2.24, 2.45) is 5.92 Å². The Morgan fingerprint density at radius 3 is 2.56 bits per heavy atom. The summed E-state index contributed by atoms with van der Waals surface area (Å²) in [6.45, 7) is 3.65. The predicted molar refractivity (Wildman–Crippen MR) is 180 cm³/mol. The van der Waals surface area contributed by atoms with E-state index in [1.807, 2.05) is 0 Å². The fourth-order valence-electron chi connectivity index (χ4n) is 6.02. The molecule has 0 bridgehead atoms. The summed E-state index contributed by atoms with van der Waals surface area (Å²) < 4.78 is 56.7. The standard InChI is InChI=1S/C35H38ClFN2O8S/c1-22-6-9-31(46-17-16-40)32(18-22)48(44,45)39-21-26(8-11-33(41)38-14-12-25(13-15-38)35(42)43)47-30-10-7-24(20-29(30)39)19-23(2)34-27(36)4-3-5-28(34)37/h3-7,9-10,18-20,25-26,40H,8,11-17,21H2,1-2H3,(H,42,43)/b23-19+/t26-/m0/s1. The quantitative estimate of drug-likeness (QED) is 0.241. The zero-order chi connectivity index (χ0) is 34.6. The summed E-state index contributed by atoms with van der Waals surface area (Å²) in [5.74, 6) is -1.59. The van der Waals surface area contributed by atoms with E-state index in [-0.39, 0.29) is 71.2 Å². The molecule has 48 heavy (non-hydrogen) atoms. The number of nitrogens with zero attached hydrogens (tertiary/aromatic N) is 2. The Labute approximate surface area is 284 Å². The van der Waals surface area contributed by atoms with Crippen molar-refractivity contribution in [2.45, 2.75) is 50.5 Å². The number of fused-ring (bicyclic) bond motifs is 1. The molecule has 2 heterocycles. The number of amides is 1.